The van der Waals surface area contributed by atoms with E-state index in [2.05, 4.69) is 0 Å². The predicted molar refractivity (Wildman–Crippen MR) is 97.9 cm³/mol. The van der Waals surface area contributed by atoms with E-state index in [4.69, 9.17) is 26.2 Å². The Bertz CT molecular complexity index is 920. The van der Waals surface area contributed by atoms with Gasteiger partial charge in [0.15, 0.2) is 0 Å². The summed E-state index contributed by atoms with van der Waals surface area (Å²) in [6.45, 7) is 0. The van der Waals surface area contributed by atoms with Gasteiger partial charge >= 0.3 is 12.1 Å². The van der Waals surface area contributed by atoms with Crippen molar-refractivity contribution in [2.75, 3.05) is 7.11 Å². The van der Waals surface area contributed by atoms with Crippen molar-refractivity contribution >= 4 is 23.6 Å². The first-order chi connectivity index (χ1) is 13.2. The van der Waals surface area contributed by atoms with Crippen LogP contribution in [0.2, 0.25) is 5.02 Å². The van der Waals surface area contributed by atoms with Crippen molar-refractivity contribution in [3.63, 3.8) is 0 Å². The molecule has 0 amide bonds. The van der Waals surface area contributed by atoms with Gasteiger partial charge in [-0.05, 0) is 54.3 Å². The van der Waals surface area contributed by atoms with Crippen LogP contribution in [0.25, 0.3) is 6.08 Å². The zero-order chi connectivity index (χ0) is 20.5. The lowest BCUT2D eigenvalue weighted by molar-refractivity contribution is -0.187. The SMILES string of the molecule is COc1ccc(CCc2cc(Cl)c3c(c2)C=C(C(=O)O)C(C(F)(F)F)O3)cc1. The second-order valence-electron chi connectivity index (χ2n) is 6.29. The quantitative estimate of drug-likeness (QED) is 0.757. The highest BCUT2D eigenvalue weighted by Crippen LogP contribution is 2.41. The summed E-state index contributed by atoms with van der Waals surface area (Å²) >= 11 is 6.13. The number of ether oxygens (including phenoxy) is 2. The highest BCUT2D eigenvalue weighted by Gasteiger charge is 2.48. The molecule has 1 aliphatic heterocycles. The molecule has 2 aromatic rings. The summed E-state index contributed by atoms with van der Waals surface area (Å²) in [5.41, 5.74) is 1.15. The molecule has 1 heterocycles. The number of carbonyl (C=O) groups is 1. The number of methoxy groups -OCH3 is 1. The van der Waals surface area contributed by atoms with Crippen molar-refractivity contribution in [2.45, 2.75) is 25.1 Å². The smallest absolute Gasteiger partial charge is 0.430 e. The van der Waals surface area contributed by atoms with Crippen molar-refractivity contribution in [3.05, 3.63) is 63.7 Å². The van der Waals surface area contributed by atoms with Gasteiger partial charge in [-0.2, -0.15) is 13.2 Å². The maximum absolute atomic E-state index is 13.1. The second-order valence-corrected chi connectivity index (χ2v) is 6.70. The van der Waals surface area contributed by atoms with Gasteiger partial charge in [0.2, 0.25) is 6.10 Å². The van der Waals surface area contributed by atoms with Crippen molar-refractivity contribution in [1.82, 2.24) is 0 Å². The molecular weight excluding hydrogens is 397 g/mol. The van der Waals surface area contributed by atoms with E-state index >= 15 is 0 Å². The van der Waals surface area contributed by atoms with Gasteiger partial charge < -0.3 is 14.6 Å². The van der Waals surface area contributed by atoms with Crippen molar-refractivity contribution in [3.8, 4) is 11.5 Å². The van der Waals surface area contributed by atoms with Crippen LogP contribution in [0.1, 0.15) is 16.7 Å². The molecule has 1 unspecified atom stereocenters. The molecule has 0 bridgehead atoms. The van der Waals surface area contributed by atoms with E-state index in [0.29, 0.717) is 12.8 Å². The van der Waals surface area contributed by atoms with Crippen molar-refractivity contribution in [2.24, 2.45) is 0 Å². The normalized spacial score (nSPS) is 16.0. The second kappa shape index (κ2) is 7.75. The summed E-state index contributed by atoms with van der Waals surface area (Å²) in [7, 11) is 1.58. The van der Waals surface area contributed by atoms with E-state index in [0.717, 1.165) is 23.0 Å². The van der Waals surface area contributed by atoms with Gasteiger partial charge in [0.1, 0.15) is 11.5 Å². The third-order valence-corrected chi connectivity index (χ3v) is 4.65. The van der Waals surface area contributed by atoms with Gasteiger partial charge in [-0.1, -0.05) is 23.7 Å². The minimum absolute atomic E-state index is 0.0113. The number of benzene rings is 2. The predicted octanol–water partition coefficient (Wildman–Crippen LogP) is 4.93. The maximum atomic E-state index is 13.1. The molecular formula is C20H16ClF3O4. The molecule has 0 radical (unpaired) electrons. The fourth-order valence-electron chi connectivity index (χ4n) is 2.97. The Labute approximate surface area is 164 Å². The van der Waals surface area contributed by atoms with Crippen LogP contribution < -0.4 is 9.47 Å². The van der Waals surface area contributed by atoms with Gasteiger partial charge in [-0.3, -0.25) is 0 Å². The van der Waals surface area contributed by atoms with E-state index in [1.54, 1.807) is 13.2 Å². The molecule has 0 spiro atoms. The molecule has 1 atom stereocenters. The van der Waals surface area contributed by atoms with E-state index in [-0.39, 0.29) is 16.3 Å². The molecule has 0 saturated heterocycles. The molecule has 148 valence electrons. The Morgan fingerprint density at radius 3 is 2.39 bits per heavy atom. The number of hydrogen-bond donors (Lipinski definition) is 1. The van der Waals surface area contributed by atoms with Gasteiger partial charge in [0.25, 0.3) is 0 Å². The van der Waals surface area contributed by atoms with Crippen molar-refractivity contribution in [1.29, 1.82) is 0 Å². The first kappa shape index (κ1) is 20.1. The molecule has 0 fully saturated rings. The number of carboxylic acid groups (broad SMARTS) is 1. The summed E-state index contributed by atoms with van der Waals surface area (Å²) in [6, 6.07) is 10.6. The average Bonchev–Trinajstić information content (AvgIpc) is 2.65. The lowest BCUT2D eigenvalue weighted by atomic mass is 9.97. The number of carboxylic acids is 1. The summed E-state index contributed by atoms with van der Waals surface area (Å²) in [6.07, 6.45) is -5.21. The molecule has 4 nitrogen and oxygen atoms in total. The van der Waals surface area contributed by atoms with E-state index in [9.17, 15) is 18.0 Å². The Kier molecular flexibility index (Phi) is 5.56. The number of hydrogen-bond acceptors (Lipinski definition) is 3. The van der Waals surface area contributed by atoms with Gasteiger partial charge in [-0.15, -0.1) is 0 Å². The first-order valence-electron chi connectivity index (χ1n) is 8.32. The minimum atomic E-state index is -4.86. The van der Waals surface area contributed by atoms with Gasteiger partial charge in [0, 0.05) is 5.56 Å². The Morgan fingerprint density at radius 2 is 1.82 bits per heavy atom. The minimum Gasteiger partial charge on any atom is -0.497 e. The Morgan fingerprint density at radius 1 is 1.18 bits per heavy atom. The van der Waals surface area contributed by atoms with Crippen LogP contribution in [0.15, 0.2) is 42.0 Å². The molecule has 3 rings (SSSR count). The highest BCUT2D eigenvalue weighted by atomic mass is 35.5. The lowest BCUT2D eigenvalue weighted by Gasteiger charge is -2.28. The summed E-state index contributed by atoms with van der Waals surface area (Å²) in [5, 5.41) is 9.15. The average molecular weight is 413 g/mol. The van der Waals surface area contributed by atoms with Gasteiger partial charge in [-0.25, -0.2) is 4.79 Å². The Hall–Kier alpha value is -2.67. The number of aliphatic carboxylic acids is 1. The molecule has 28 heavy (non-hydrogen) atoms. The van der Waals surface area contributed by atoms with Crippen LogP contribution in [-0.4, -0.2) is 30.5 Å². The molecule has 1 aliphatic rings. The van der Waals surface area contributed by atoms with Crippen molar-refractivity contribution < 1.29 is 32.5 Å². The van der Waals surface area contributed by atoms with Crippen LogP contribution in [0.5, 0.6) is 11.5 Å². The standard InChI is InChI=1S/C20H16ClF3O4/c1-27-14-6-4-11(5-7-14)2-3-12-8-13-10-15(19(25)26)18(20(22,23)24)28-17(13)16(21)9-12/h4-10,18H,2-3H2,1H3,(H,25,26). The molecule has 8 heteroatoms. The Balaban J connectivity index is 1.86. The van der Waals surface area contributed by atoms with Crippen LogP contribution >= 0.6 is 11.6 Å². The monoisotopic (exact) mass is 412 g/mol. The largest absolute Gasteiger partial charge is 0.497 e. The third-order valence-electron chi connectivity index (χ3n) is 4.37. The zero-order valence-corrected chi connectivity index (χ0v) is 15.5. The number of rotatable bonds is 5. The number of alkyl halides is 3. The van der Waals surface area contributed by atoms with E-state index in [1.165, 1.54) is 6.07 Å². The van der Waals surface area contributed by atoms with Crippen LogP contribution in [0.4, 0.5) is 13.2 Å². The summed E-state index contributed by atoms with van der Waals surface area (Å²) in [5.74, 6) is -1.11. The van der Waals surface area contributed by atoms with E-state index < -0.39 is 23.8 Å². The molecule has 0 aliphatic carbocycles. The molecule has 1 N–H and O–H groups in total. The van der Waals surface area contributed by atoms with E-state index in [1.807, 2.05) is 24.3 Å². The molecule has 0 saturated carbocycles. The third kappa shape index (κ3) is 4.25. The molecule has 0 aromatic heterocycles. The fraction of sp³-hybridized carbons (Fsp3) is 0.250. The highest BCUT2D eigenvalue weighted by molar-refractivity contribution is 6.32. The molecule has 2 aromatic carbocycles. The van der Waals surface area contributed by atoms with Crippen LogP contribution in [0, 0.1) is 0 Å². The number of fused-ring (bicyclic) bond motifs is 1. The number of aryl methyl sites for hydroxylation is 2. The topological polar surface area (TPSA) is 55.8 Å². The number of halogens is 4. The maximum Gasteiger partial charge on any atom is 0.430 e. The van der Waals surface area contributed by atoms with Crippen LogP contribution in [0.3, 0.4) is 0 Å². The van der Waals surface area contributed by atoms with Crippen LogP contribution in [-0.2, 0) is 17.6 Å². The zero-order valence-electron chi connectivity index (χ0n) is 14.7. The van der Waals surface area contributed by atoms with Gasteiger partial charge in [0.05, 0.1) is 17.7 Å². The fourth-order valence-corrected chi connectivity index (χ4v) is 3.27. The summed E-state index contributed by atoms with van der Waals surface area (Å²) in [4.78, 5) is 11.3. The summed E-state index contributed by atoms with van der Waals surface area (Å²) < 4.78 is 49.4. The lowest BCUT2D eigenvalue weighted by Crippen LogP contribution is -2.40. The first-order valence-corrected chi connectivity index (χ1v) is 8.70.